The van der Waals surface area contributed by atoms with E-state index in [2.05, 4.69) is 16.0 Å². The first-order valence-corrected chi connectivity index (χ1v) is 10.9. The van der Waals surface area contributed by atoms with Crippen molar-refractivity contribution in [2.24, 2.45) is 0 Å². The fraction of sp³-hybridized carbons (Fsp3) is 0.231. The van der Waals surface area contributed by atoms with Crippen LogP contribution in [0.3, 0.4) is 0 Å². The number of aliphatic hydroxyl groups excluding tert-OH is 1. The van der Waals surface area contributed by atoms with E-state index in [0.29, 0.717) is 29.7 Å². The maximum atomic E-state index is 12.8. The smallest absolute Gasteiger partial charge is 0.255 e. The molecule has 0 bridgehead atoms. The van der Waals surface area contributed by atoms with Crippen LogP contribution < -0.4 is 16.0 Å². The van der Waals surface area contributed by atoms with E-state index in [-0.39, 0.29) is 18.3 Å². The van der Waals surface area contributed by atoms with Gasteiger partial charge in [0, 0.05) is 47.8 Å². The summed E-state index contributed by atoms with van der Waals surface area (Å²) < 4.78 is 0. The Bertz CT molecular complexity index is 1100. The molecule has 4 N–H and O–H groups in total. The Kier molecular flexibility index (Phi) is 6.82. The zero-order chi connectivity index (χ0) is 22.3. The SMILES string of the molecule is O=C(Nc1ccc(Nc2ccccc2)c2c1C(=O)CC2)c1ccc(NCCCCO)cc1. The molecule has 0 aliphatic heterocycles. The number of anilines is 4. The van der Waals surface area contributed by atoms with Crippen LogP contribution >= 0.6 is 0 Å². The molecule has 164 valence electrons. The molecular weight excluding hydrogens is 402 g/mol. The molecule has 6 heteroatoms. The molecule has 3 aromatic rings. The fourth-order valence-corrected chi connectivity index (χ4v) is 3.89. The number of aliphatic hydroxyl groups is 1. The van der Waals surface area contributed by atoms with Crippen LogP contribution in [0.4, 0.5) is 22.7 Å². The van der Waals surface area contributed by atoms with E-state index in [0.717, 1.165) is 42.0 Å². The minimum absolute atomic E-state index is 0.0504. The molecule has 1 amide bonds. The number of ketones is 1. The quantitative estimate of drug-likeness (QED) is 0.360. The van der Waals surface area contributed by atoms with Crippen molar-refractivity contribution in [2.75, 3.05) is 29.1 Å². The van der Waals surface area contributed by atoms with Gasteiger partial charge in [0.2, 0.25) is 0 Å². The second-order valence-corrected chi connectivity index (χ2v) is 7.82. The number of para-hydroxylation sites is 1. The maximum Gasteiger partial charge on any atom is 0.255 e. The van der Waals surface area contributed by atoms with Gasteiger partial charge in [0.1, 0.15) is 0 Å². The van der Waals surface area contributed by atoms with Gasteiger partial charge in [-0.25, -0.2) is 0 Å². The number of unbranched alkanes of at least 4 members (excludes halogenated alkanes) is 1. The molecule has 1 aliphatic rings. The van der Waals surface area contributed by atoms with E-state index >= 15 is 0 Å². The van der Waals surface area contributed by atoms with E-state index in [1.54, 1.807) is 18.2 Å². The monoisotopic (exact) mass is 429 g/mol. The predicted octanol–water partition coefficient (Wildman–Crippen LogP) is 5.00. The number of amides is 1. The summed E-state index contributed by atoms with van der Waals surface area (Å²) >= 11 is 0. The zero-order valence-corrected chi connectivity index (χ0v) is 17.9. The number of carbonyl (C=O) groups is 2. The zero-order valence-electron chi connectivity index (χ0n) is 17.9. The molecule has 0 saturated heterocycles. The summed E-state index contributed by atoms with van der Waals surface area (Å²) in [4.78, 5) is 25.4. The van der Waals surface area contributed by atoms with E-state index in [1.165, 1.54) is 0 Å². The average molecular weight is 430 g/mol. The second kappa shape index (κ2) is 10.1. The molecule has 4 rings (SSSR count). The van der Waals surface area contributed by atoms with Gasteiger partial charge in [-0.2, -0.15) is 0 Å². The fourth-order valence-electron chi connectivity index (χ4n) is 3.89. The highest BCUT2D eigenvalue weighted by Gasteiger charge is 2.26. The van der Waals surface area contributed by atoms with Gasteiger partial charge in [0.25, 0.3) is 5.91 Å². The minimum Gasteiger partial charge on any atom is -0.396 e. The Morgan fingerprint density at radius 2 is 1.59 bits per heavy atom. The van der Waals surface area contributed by atoms with Crippen molar-refractivity contribution in [3.05, 3.63) is 83.4 Å². The van der Waals surface area contributed by atoms with Gasteiger partial charge in [0.15, 0.2) is 5.78 Å². The molecule has 32 heavy (non-hydrogen) atoms. The van der Waals surface area contributed by atoms with Gasteiger partial charge in [-0.05, 0) is 73.4 Å². The lowest BCUT2D eigenvalue weighted by atomic mass is 10.0. The lowest BCUT2D eigenvalue weighted by Gasteiger charge is -2.15. The highest BCUT2D eigenvalue weighted by molar-refractivity contribution is 6.12. The lowest BCUT2D eigenvalue weighted by Crippen LogP contribution is -2.14. The van der Waals surface area contributed by atoms with Gasteiger partial charge in [0.05, 0.1) is 5.69 Å². The third kappa shape index (κ3) is 4.98. The highest BCUT2D eigenvalue weighted by atomic mass is 16.3. The Morgan fingerprint density at radius 1 is 0.844 bits per heavy atom. The molecule has 0 aromatic heterocycles. The van der Waals surface area contributed by atoms with Gasteiger partial charge < -0.3 is 21.1 Å². The summed E-state index contributed by atoms with van der Waals surface area (Å²) in [5.74, 6) is -0.197. The Hall–Kier alpha value is -3.64. The number of fused-ring (bicyclic) bond motifs is 1. The van der Waals surface area contributed by atoms with Crippen LogP contribution in [0.15, 0.2) is 66.7 Å². The Balaban J connectivity index is 1.48. The number of hydrogen-bond acceptors (Lipinski definition) is 5. The van der Waals surface area contributed by atoms with Crippen LogP contribution in [0.1, 0.15) is 45.5 Å². The molecular formula is C26H27N3O3. The maximum absolute atomic E-state index is 12.8. The first kappa shape index (κ1) is 21.6. The van der Waals surface area contributed by atoms with Crippen molar-refractivity contribution < 1.29 is 14.7 Å². The molecule has 0 saturated carbocycles. The molecule has 0 heterocycles. The van der Waals surface area contributed by atoms with Crippen molar-refractivity contribution in [3.8, 4) is 0 Å². The van der Waals surface area contributed by atoms with Gasteiger partial charge >= 0.3 is 0 Å². The summed E-state index contributed by atoms with van der Waals surface area (Å²) in [5.41, 5.74) is 5.39. The predicted molar refractivity (Wildman–Crippen MR) is 128 cm³/mol. The molecule has 0 spiro atoms. The van der Waals surface area contributed by atoms with E-state index in [9.17, 15) is 9.59 Å². The largest absolute Gasteiger partial charge is 0.396 e. The molecule has 3 aromatic carbocycles. The second-order valence-electron chi connectivity index (χ2n) is 7.82. The minimum atomic E-state index is -0.248. The molecule has 0 fully saturated rings. The normalized spacial score (nSPS) is 12.3. The summed E-state index contributed by atoms with van der Waals surface area (Å²) in [6, 6.07) is 20.8. The van der Waals surface area contributed by atoms with Gasteiger partial charge in [-0.1, -0.05) is 18.2 Å². The number of benzene rings is 3. The van der Waals surface area contributed by atoms with Crippen molar-refractivity contribution in [2.45, 2.75) is 25.7 Å². The topological polar surface area (TPSA) is 90.5 Å². The summed E-state index contributed by atoms with van der Waals surface area (Å²) in [7, 11) is 0. The third-order valence-electron chi connectivity index (χ3n) is 5.56. The van der Waals surface area contributed by atoms with Crippen LogP contribution in [0.5, 0.6) is 0 Å². The Labute approximate surface area is 187 Å². The van der Waals surface area contributed by atoms with Crippen LogP contribution in [-0.2, 0) is 6.42 Å². The van der Waals surface area contributed by atoms with Crippen LogP contribution in [0, 0.1) is 0 Å². The average Bonchev–Trinajstić information content (AvgIpc) is 3.22. The van der Waals surface area contributed by atoms with Crippen molar-refractivity contribution in [1.82, 2.24) is 0 Å². The number of hydrogen-bond donors (Lipinski definition) is 4. The van der Waals surface area contributed by atoms with E-state index in [1.807, 2.05) is 48.5 Å². The first-order valence-electron chi connectivity index (χ1n) is 10.9. The number of nitrogens with one attached hydrogen (secondary N) is 3. The molecule has 6 nitrogen and oxygen atoms in total. The highest BCUT2D eigenvalue weighted by Crippen LogP contribution is 2.36. The van der Waals surface area contributed by atoms with Crippen molar-refractivity contribution in [3.63, 3.8) is 0 Å². The number of rotatable bonds is 9. The molecule has 1 aliphatic carbocycles. The van der Waals surface area contributed by atoms with E-state index < -0.39 is 0 Å². The van der Waals surface area contributed by atoms with Crippen LogP contribution in [-0.4, -0.2) is 29.9 Å². The lowest BCUT2D eigenvalue weighted by molar-refractivity contribution is 0.0995. The number of carbonyl (C=O) groups excluding carboxylic acids is 2. The standard InChI is InChI=1S/C26H27N3O3/c30-17-5-4-16-27-19-10-8-18(9-11-19)26(32)29-23-14-13-22(21-12-15-24(31)25(21)23)28-20-6-2-1-3-7-20/h1-3,6-11,13-14,27-28,30H,4-5,12,15-17H2,(H,29,32). The summed E-state index contributed by atoms with van der Waals surface area (Å²) in [6.45, 7) is 0.958. The molecule has 0 atom stereocenters. The van der Waals surface area contributed by atoms with Crippen molar-refractivity contribution in [1.29, 1.82) is 0 Å². The van der Waals surface area contributed by atoms with Gasteiger partial charge in [-0.3, -0.25) is 9.59 Å². The van der Waals surface area contributed by atoms with Gasteiger partial charge in [-0.15, -0.1) is 0 Å². The molecule has 0 radical (unpaired) electrons. The van der Waals surface area contributed by atoms with Crippen molar-refractivity contribution >= 4 is 34.4 Å². The third-order valence-corrected chi connectivity index (χ3v) is 5.56. The van der Waals surface area contributed by atoms with Crippen LogP contribution in [0.2, 0.25) is 0 Å². The summed E-state index contributed by atoms with van der Waals surface area (Å²) in [5, 5.41) is 18.4. The first-order chi connectivity index (χ1) is 15.7. The van der Waals surface area contributed by atoms with E-state index in [4.69, 9.17) is 5.11 Å². The number of Topliss-reactive ketones (excluding diaryl/α,β-unsaturated/α-hetero) is 1. The summed E-state index contributed by atoms with van der Waals surface area (Å²) in [6.07, 6.45) is 2.75. The van der Waals surface area contributed by atoms with Crippen LogP contribution in [0.25, 0.3) is 0 Å². The molecule has 0 unspecified atom stereocenters. The Morgan fingerprint density at radius 3 is 2.34 bits per heavy atom.